The number of allylic oxidation sites excluding steroid dienone is 2. The monoisotopic (exact) mass is 247 g/mol. The van der Waals surface area contributed by atoms with Crippen LogP contribution in [0.1, 0.15) is 38.3 Å². The molecule has 2 nitrogen and oxygen atoms in total. The van der Waals surface area contributed by atoms with Crippen molar-refractivity contribution in [1.29, 1.82) is 0 Å². The Morgan fingerprint density at radius 1 is 1.28 bits per heavy atom. The molecule has 0 bridgehead atoms. The third kappa shape index (κ3) is 4.92. The van der Waals surface area contributed by atoms with Gasteiger partial charge in [-0.15, -0.1) is 0 Å². The van der Waals surface area contributed by atoms with Gasteiger partial charge in [-0.1, -0.05) is 45.0 Å². The van der Waals surface area contributed by atoms with Gasteiger partial charge < -0.3 is 10.8 Å². The third-order valence-corrected chi connectivity index (χ3v) is 2.96. The highest BCUT2D eigenvalue weighted by Gasteiger charge is 2.15. The fourth-order valence-electron chi connectivity index (χ4n) is 1.74. The fourth-order valence-corrected chi connectivity index (χ4v) is 1.74. The molecular weight excluding hydrogens is 222 g/mol. The summed E-state index contributed by atoms with van der Waals surface area (Å²) in [6, 6.07) is 8.50. The van der Waals surface area contributed by atoms with Crippen LogP contribution in [0.3, 0.4) is 0 Å². The summed E-state index contributed by atoms with van der Waals surface area (Å²) in [4.78, 5) is 0. The average molecular weight is 247 g/mol. The predicted octanol–water partition coefficient (Wildman–Crippen LogP) is 3.61. The maximum absolute atomic E-state index is 9.90. The first-order valence-electron chi connectivity index (χ1n) is 6.61. The van der Waals surface area contributed by atoms with Crippen LogP contribution >= 0.6 is 0 Å². The zero-order valence-corrected chi connectivity index (χ0v) is 11.7. The normalized spacial score (nSPS) is 12.8. The van der Waals surface area contributed by atoms with Crippen LogP contribution in [-0.4, -0.2) is 11.7 Å². The molecule has 0 spiro atoms. The Balaban J connectivity index is 2.68. The largest absolute Gasteiger partial charge is 0.512 e. The van der Waals surface area contributed by atoms with Crippen molar-refractivity contribution in [2.75, 3.05) is 6.54 Å². The van der Waals surface area contributed by atoms with E-state index in [1.54, 1.807) is 0 Å². The molecule has 0 radical (unpaired) electrons. The van der Waals surface area contributed by atoms with Gasteiger partial charge in [-0.05, 0) is 43.0 Å². The molecule has 0 fully saturated rings. The van der Waals surface area contributed by atoms with Crippen molar-refractivity contribution in [3.8, 4) is 0 Å². The van der Waals surface area contributed by atoms with Gasteiger partial charge in [0.2, 0.25) is 0 Å². The van der Waals surface area contributed by atoms with E-state index in [9.17, 15) is 5.11 Å². The van der Waals surface area contributed by atoms with Crippen molar-refractivity contribution in [2.24, 2.45) is 11.1 Å². The number of aliphatic hydroxyl groups excluding tert-OH is 1. The Bertz CT molecular complexity index is 402. The molecule has 0 unspecified atom stereocenters. The Hall–Kier alpha value is -1.28. The van der Waals surface area contributed by atoms with Gasteiger partial charge in [0, 0.05) is 5.41 Å². The van der Waals surface area contributed by atoms with Gasteiger partial charge >= 0.3 is 0 Å². The minimum Gasteiger partial charge on any atom is -0.512 e. The van der Waals surface area contributed by atoms with Gasteiger partial charge in [-0.3, -0.25) is 0 Å². The summed E-state index contributed by atoms with van der Waals surface area (Å²) in [6.07, 6.45) is 4.73. The molecule has 1 aromatic rings. The van der Waals surface area contributed by atoms with E-state index in [4.69, 9.17) is 5.73 Å². The Labute approximate surface area is 111 Å². The molecule has 0 saturated carbocycles. The second-order valence-corrected chi connectivity index (χ2v) is 5.76. The summed E-state index contributed by atoms with van der Waals surface area (Å²) in [5.41, 5.74) is 7.91. The van der Waals surface area contributed by atoms with Crippen LogP contribution in [0.4, 0.5) is 0 Å². The van der Waals surface area contributed by atoms with E-state index in [1.165, 1.54) is 11.1 Å². The lowest BCUT2D eigenvalue weighted by Gasteiger charge is -2.17. The number of benzene rings is 1. The van der Waals surface area contributed by atoms with E-state index < -0.39 is 0 Å². The SMILES string of the molecule is CC(C)(C)/C(O)=C/Cc1cccc(CCCN)c1. The first-order chi connectivity index (χ1) is 8.43. The van der Waals surface area contributed by atoms with Gasteiger partial charge in [0.15, 0.2) is 0 Å². The topological polar surface area (TPSA) is 46.2 Å². The number of aryl methyl sites for hydroxylation is 1. The van der Waals surface area contributed by atoms with Gasteiger partial charge in [0.05, 0.1) is 5.76 Å². The molecule has 18 heavy (non-hydrogen) atoms. The van der Waals surface area contributed by atoms with Crippen LogP contribution in [0.15, 0.2) is 36.1 Å². The third-order valence-electron chi connectivity index (χ3n) is 2.96. The van der Waals surface area contributed by atoms with Crippen molar-refractivity contribution in [1.82, 2.24) is 0 Å². The first kappa shape index (κ1) is 14.8. The average Bonchev–Trinajstić information content (AvgIpc) is 2.32. The maximum atomic E-state index is 9.90. The maximum Gasteiger partial charge on any atom is 0.0939 e. The van der Waals surface area contributed by atoms with E-state index in [-0.39, 0.29) is 5.41 Å². The van der Waals surface area contributed by atoms with E-state index in [0.29, 0.717) is 5.76 Å². The van der Waals surface area contributed by atoms with Crippen molar-refractivity contribution in [2.45, 2.75) is 40.0 Å². The Kier molecular flexibility index (Phi) is 5.42. The molecule has 0 aromatic heterocycles. The molecule has 0 atom stereocenters. The molecule has 0 aliphatic heterocycles. The fraction of sp³-hybridized carbons (Fsp3) is 0.500. The lowest BCUT2D eigenvalue weighted by atomic mass is 9.92. The van der Waals surface area contributed by atoms with E-state index in [2.05, 4.69) is 24.3 Å². The second kappa shape index (κ2) is 6.60. The number of nitrogens with two attached hydrogens (primary N) is 1. The highest BCUT2D eigenvalue weighted by molar-refractivity contribution is 5.26. The van der Waals surface area contributed by atoms with Crippen molar-refractivity contribution in [3.63, 3.8) is 0 Å². The van der Waals surface area contributed by atoms with E-state index in [1.807, 2.05) is 26.8 Å². The molecule has 0 aliphatic carbocycles. The standard InChI is InChI=1S/C16H25NO/c1-16(2,3)15(18)10-9-14-7-4-6-13(12-14)8-5-11-17/h4,6-7,10,12,18H,5,8-9,11,17H2,1-3H3/b15-10-. The molecular formula is C16H25NO. The summed E-state index contributed by atoms with van der Waals surface area (Å²) in [6.45, 7) is 6.76. The van der Waals surface area contributed by atoms with Crippen LogP contribution in [0.25, 0.3) is 0 Å². The lowest BCUT2D eigenvalue weighted by Crippen LogP contribution is -2.09. The quantitative estimate of drug-likeness (QED) is 0.781. The van der Waals surface area contributed by atoms with Crippen LogP contribution in [-0.2, 0) is 12.8 Å². The molecule has 0 saturated heterocycles. The molecule has 0 aliphatic rings. The number of hydrogen-bond acceptors (Lipinski definition) is 2. The second-order valence-electron chi connectivity index (χ2n) is 5.76. The van der Waals surface area contributed by atoms with E-state index >= 15 is 0 Å². The lowest BCUT2D eigenvalue weighted by molar-refractivity contribution is 0.275. The number of hydrogen-bond donors (Lipinski definition) is 2. The van der Waals surface area contributed by atoms with Crippen molar-refractivity contribution in [3.05, 3.63) is 47.2 Å². The van der Waals surface area contributed by atoms with Gasteiger partial charge in [0.25, 0.3) is 0 Å². The number of aliphatic hydroxyl groups is 1. The Morgan fingerprint density at radius 2 is 1.94 bits per heavy atom. The molecule has 1 rings (SSSR count). The summed E-state index contributed by atoms with van der Waals surface area (Å²) in [5.74, 6) is 0.454. The molecule has 3 N–H and O–H groups in total. The molecule has 1 aromatic carbocycles. The number of rotatable bonds is 5. The minimum atomic E-state index is -0.169. The zero-order chi connectivity index (χ0) is 13.6. The summed E-state index contributed by atoms with van der Waals surface area (Å²) in [7, 11) is 0. The molecule has 2 heteroatoms. The van der Waals surface area contributed by atoms with Crippen LogP contribution < -0.4 is 5.73 Å². The van der Waals surface area contributed by atoms with Crippen LogP contribution in [0, 0.1) is 5.41 Å². The van der Waals surface area contributed by atoms with Gasteiger partial charge in [0.1, 0.15) is 0 Å². The minimum absolute atomic E-state index is 0.169. The smallest absolute Gasteiger partial charge is 0.0939 e. The highest BCUT2D eigenvalue weighted by atomic mass is 16.3. The van der Waals surface area contributed by atoms with Crippen LogP contribution in [0.5, 0.6) is 0 Å². The summed E-state index contributed by atoms with van der Waals surface area (Å²) >= 11 is 0. The van der Waals surface area contributed by atoms with Gasteiger partial charge in [-0.25, -0.2) is 0 Å². The van der Waals surface area contributed by atoms with Crippen molar-refractivity contribution >= 4 is 0 Å². The Morgan fingerprint density at radius 3 is 2.56 bits per heavy atom. The van der Waals surface area contributed by atoms with Gasteiger partial charge in [-0.2, -0.15) is 0 Å². The molecule has 0 amide bonds. The van der Waals surface area contributed by atoms with E-state index in [0.717, 1.165) is 25.8 Å². The predicted molar refractivity (Wildman–Crippen MR) is 77.7 cm³/mol. The molecule has 100 valence electrons. The molecule has 0 heterocycles. The van der Waals surface area contributed by atoms with Crippen molar-refractivity contribution < 1.29 is 5.11 Å². The zero-order valence-electron chi connectivity index (χ0n) is 11.7. The highest BCUT2D eigenvalue weighted by Crippen LogP contribution is 2.23. The van der Waals surface area contributed by atoms with Crippen LogP contribution in [0.2, 0.25) is 0 Å². The summed E-state index contributed by atoms with van der Waals surface area (Å²) < 4.78 is 0. The first-order valence-corrected chi connectivity index (χ1v) is 6.61. The summed E-state index contributed by atoms with van der Waals surface area (Å²) in [5, 5.41) is 9.90.